The molecule has 0 aromatic carbocycles. The van der Waals surface area contributed by atoms with Crippen LogP contribution in [0.4, 0.5) is 19.0 Å². The fourth-order valence-corrected chi connectivity index (χ4v) is 1.94. The third-order valence-electron chi connectivity index (χ3n) is 3.03. The molecule has 2 heterocycles. The van der Waals surface area contributed by atoms with Gasteiger partial charge in [0, 0.05) is 25.8 Å². The van der Waals surface area contributed by atoms with Crippen LogP contribution in [0.3, 0.4) is 0 Å². The summed E-state index contributed by atoms with van der Waals surface area (Å²) < 4.78 is 37.3. The molecule has 3 nitrogen and oxygen atoms in total. The summed E-state index contributed by atoms with van der Waals surface area (Å²) in [6.45, 7) is 4.58. The standard InChI is InChI=1S/C12H16F3N3/c1-2-5-18(10-7-16-8-10)11-4-3-9(6-17-11)12(13,14)15/h3-4,6,10,16H,2,5,7-8H2,1H3. The van der Waals surface area contributed by atoms with Crippen LogP contribution in [-0.4, -0.2) is 30.7 Å². The molecule has 0 unspecified atom stereocenters. The Bertz CT molecular complexity index is 385. The van der Waals surface area contributed by atoms with E-state index < -0.39 is 11.7 Å². The summed E-state index contributed by atoms with van der Waals surface area (Å²) in [6.07, 6.45) is -2.47. The van der Waals surface area contributed by atoms with Gasteiger partial charge in [-0.05, 0) is 18.6 Å². The van der Waals surface area contributed by atoms with E-state index in [4.69, 9.17) is 0 Å². The average Bonchev–Trinajstić information content (AvgIpc) is 2.25. The summed E-state index contributed by atoms with van der Waals surface area (Å²) in [7, 11) is 0. The number of hydrogen-bond donors (Lipinski definition) is 1. The first kappa shape index (κ1) is 13.1. The lowest BCUT2D eigenvalue weighted by molar-refractivity contribution is -0.137. The van der Waals surface area contributed by atoms with Crippen LogP contribution in [0.5, 0.6) is 0 Å². The Morgan fingerprint density at radius 1 is 1.39 bits per heavy atom. The van der Waals surface area contributed by atoms with Crippen molar-refractivity contribution in [3.63, 3.8) is 0 Å². The van der Waals surface area contributed by atoms with Crippen LogP contribution in [0, 0.1) is 0 Å². The molecule has 1 saturated heterocycles. The normalized spacial score (nSPS) is 16.4. The fourth-order valence-electron chi connectivity index (χ4n) is 1.94. The number of halogens is 3. The highest BCUT2D eigenvalue weighted by molar-refractivity contribution is 5.42. The monoisotopic (exact) mass is 259 g/mol. The van der Waals surface area contributed by atoms with Crippen molar-refractivity contribution in [3.8, 4) is 0 Å². The predicted molar refractivity (Wildman–Crippen MR) is 63.5 cm³/mol. The Hall–Kier alpha value is -1.30. The minimum Gasteiger partial charge on any atom is -0.351 e. The van der Waals surface area contributed by atoms with E-state index in [-0.39, 0.29) is 0 Å². The van der Waals surface area contributed by atoms with Gasteiger partial charge in [-0.3, -0.25) is 0 Å². The summed E-state index contributed by atoms with van der Waals surface area (Å²) in [4.78, 5) is 6.01. The maximum atomic E-state index is 12.4. The molecule has 0 saturated carbocycles. The Morgan fingerprint density at radius 3 is 2.50 bits per heavy atom. The molecule has 0 bridgehead atoms. The van der Waals surface area contributed by atoms with Crippen molar-refractivity contribution >= 4 is 5.82 Å². The molecule has 100 valence electrons. The van der Waals surface area contributed by atoms with Gasteiger partial charge in [-0.1, -0.05) is 6.92 Å². The van der Waals surface area contributed by atoms with Crippen molar-refractivity contribution in [1.82, 2.24) is 10.3 Å². The second-order valence-corrected chi connectivity index (χ2v) is 4.41. The molecule has 0 amide bonds. The summed E-state index contributed by atoms with van der Waals surface area (Å²) >= 11 is 0. The van der Waals surface area contributed by atoms with Crippen molar-refractivity contribution < 1.29 is 13.2 Å². The predicted octanol–water partition coefficient (Wildman–Crippen LogP) is 2.29. The van der Waals surface area contributed by atoms with Crippen molar-refractivity contribution in [2.45, 2.75) is 25.6 Å². The van der Waals surface area contributed by atoms with Crippen molar-refractivity contribution in [2.24, 2.45) is 0 Å². The van der Waals surface area contributed by atoms with Gasteiger partial charge < -0.3 is 10.2 Å². The van der Waals surface area contributed by atoms with Crippen LogP contribution in [0.2, 0.25) is 0 Å². The van der Waals surface area contributed by atoms with E-state index in [0.717, 1.165) is 38.3 Å². The number of rotatable bonds is 4. The third kappa shape index (κ3) is 2.75. The van der Waals surface area contributed by atoms with Gasteiger partial charge in [0.15, 0.2) is 0 Å². The lowest BCUT2D eigenvalue weighted by Gasteiger charge is -2.39. The van der Waals surface area contributed by atoms with Crippen LogP contribution in [0.15, 0.2) is 18.3 Å². The topological polar surface area (TPSA) is 28.2 Å². The zero-order valence-corrected chi connectivity index (χ0v) is 10.2. The number of alkyl halides is 3. The first-order valence-electron chi connectivity index (χ1n) is 6.03. The summed E-state index contributed by atoms with van der Waals surface area (Å²) in [5, 5.41) is 3.16. The molecule has 2 rings (SSSR count). The number of pyridine rings is 1. The summed E-state index contributed by atoms with van der Waals surface area (Å²) in [5.74, 6) is 0.622. The third-order valence-corrected chi connectivity index (χ3v) is 3.03. The van der Waals surface area contributed by atoms with E-state index in [2.05, 4.69) is 15.2 Å². The highest BCUT2D eigenvalue weighted by atomic mass is 19.4. The van der Waals surface area contributed by atoms with Crippen molar-refractivity contribution in [1.29, 1.82) is 0 Å². The average molecular weight is 259 g/mol. The minimum atomic E-state index is -4.32. The quantitative estimate of drug-likeness (QED) is 0.899. The van der Waals surface area contributed by atoms with Crippen LogP contribution in [0.1, 0.15) is 18.9 Å². The molecule has 0 radical (unpaired) electrons. The Labute approximate surface area is 104 Å². The van der Waals surface area contributed by atoms with E-state index >= 15 is 0 Å². The van der Waals surface area contributed by atoms with Crippen molar-refractivity contribution in [2.75, 3.05) is 24.5 Å². The fraction of sp³-hybridized carbons (Fsp3) is 0.583. The molecule has 18 heavy (non-hydrogen) atoms. The van der Waals surface area contributed by atoms with Gasteiger partial charge in [-0.2, -0.15) is 13.2 Å². The number of nitrogens with zero attached hydrogens (tertiary/aromatic N) is 2. The van der Waals surface area contributed by atoms with Crippen molar-refractivity contribution in [3.05, 3.63) is 23.9 Å². The SMILES string of the molecule is CCCN(c1ccc(C(F)(F)F)cn1)C1CNC1. The maximum absolute atomic E-state index is 12.4. The molecule has 0 aliphatic carbocycles. The van der Waals surface area contributed by atoms with Crippen LogP contribution < -0.4 is 10.2 Å². The zero-order valence-electron chi connectivity index (χ0n) is 10.2. The number of anilines is 1. The molecule has 6 heteroatoms. The molecule has 0 spiro atoms. The molecular weight excluding hydrogens is 243 g/mol. The number of aromatic nitrogens is 1. The van der Waals surface area contributed by atoms with E-state index in [1.165, 1.54) is 6.07 Å². The van der Waals surface area contributed by atoms with Gasteiger partial charge in [0.25, 0.3) is 0 Å². The zero-order chi connectivity index (χ0) is 13.2. The van der Waals surface area contributed by atoms with Gasteiger partial charge in [0.1, 0.15) is 5.82 Å². The van der Waals surface area contributed by atoms with E-state index in [1.54, 1.807) is 0 Å². The van der Waals surface area contributed by atoms with E-state index in [9.17, 15) is 13.2 Å². The molecule has 1 aliphatic heterocycles. The van der Waals surface area contributed by atoms with Crippen LogP contribution in [-0.2, 0) is 6.18 Å². The Balaban J connectivity index is 2.15. The molecule has 0 atom stereocenters. The lowest BCUT2D eigenvalue weighted by Crippen LogP contribution is -2.57. The first-order chi connectivity index (χ1) is 8.52. The van der Waals surface area contributed by atoms with Gasteiger partial charge in [-0.15, -0.1) is 0 Å². The number of nitrogens with one attached hydrogen (secondary N) is 1. The second kappa shape index (κ2) is 5.14. The highest BCUT2D eigenvalue weighted by Gasteiger charge is 2.31. The first-order valence-corrected chi connectivity index (χ1v) is 6.03. The molecule has 1 fully saturated rings. The highest BCUT2D eigenvalue weighted by Crippen LogP contribution is 2.29. The minimum absolute atomic E-state index is 0.342. The van der Waals surface area contributed by atoms with Crippen LogP contribution in [0.25, 0.3) is 0 Å². The van der Waals surface area contributed by atoms with Gasteiger partial charge in [0.05, 0.1) is 11.6 Å². The molecule has 1 aromatic rings. The largest absolute Gasteiger partial charge is 0.417 e. The van der Waals surface area contributed by atoms with Gasteiger partial charge in [-0.25, -0.2) is 4.98 Å². The Morgan fingerprint density at radius 2 is 2.11 bits per heavy atom. The van der Waals surface area contributed by atoms with Crippen LogP contribution >= 0.6 is 0 Å². The smallest absolute Gasteiger partial charge is 0.351 e. The Kier molecular flexibility index (Phi) is 3.75. The summed E-state index contributed by atoms with van der Waals surface area (Å²) in [6, 6.07) is 2.89. The molecule has 1 aliphatic rings. The van der Waals surface area contributed by atoms with E-state index in [0.29, 0.717) is 11.9 Å². The summed E-state index contributed by atoms with van der Waals surface area (Å²) in [5.41, 5.74) is -0.700. The van der Waals surface area contributed by atoms with E-state index in [1.807, 2.05) is 6.92 Å². The van der Waals surface area contributed by atoms with Gasteiger partial charge >= 0.3 is 6.18 Å². The second-order valence-electron chi connectivity index (χ2n) is 4.41. The lowest BCUT2D eigenvalue weighted by atomic mass is 10.1. The molecular formula is C12H16F3N3. The number of hydrogen-bond acceptors (Lipinski definition) is 3. The molecule has 1 N–H and O–H groups in total. The molecule has 1 aromatic heterocycles. The maximum Gasteiger partial charge on any atom is 0.417 e. The van der Waals surface area contributed by atoms with Gasteiger partial charge in [0.2, 0.25) is 0 Å².